The van der Waals surface area contributed by atoms with Crippen molar-refractivity contribution in [2.75, 3.05) is 0 Å². The van der Waals surface area contributed by atoms with Crippen LogP contribution in [0.1, 0.15) is 33.3 Å². The topological polar surface area (TPSA) is 46.2 Å². The number of carbonyl (C=O) groups is 2. The van der Waals surface area contributed by atoms with E-state index in [1.165, 1.54) is 0 Å². The predicted octanol–water partition coefficient (Wildman–Crippen LogP) is 2.60. The summed E-state index contributed by atoms with van der Waals surface area (Å²) in [6, 6.07) is 9.34. The molecule has 3 heteroatoms. The van der Waals surface area contributed by atoms with Crippen LogP contribution in [-0.4, -0.2) is 17.7 Å². The lowest BCUT2D eigenvalue weighted by Crippen LogP contribution is -2.45. The summed E-state index contributed by atoms with van der Waals surface area (Å²) >= 11 is 0. The van der Waals surface area contributed by atoms with Gasteiger partial charge < -0.3 is 5.32 Å². The Hall–Kier alpha value is -1.64. The molecule has 0 spiro atoms. The number of benzene rings is 1. The highest BCUT2D eigenvalue weighted by Crippen LogP contribution is 2.09. The van der Waals surface area contributed by atoms with E-state index in [2.05, 4.69) is 5.32 Å². The Bertz CT molecular complexity index is 424. The van der Waals surface area contributed by atoms with E-state index in [9.17, 15) is 9.59 Å². The molecule has 0 aliphatic heterocycles. The van der Waals surface area contributed by atoms with E-state index in [1.807, 2.05) is 58.0 Å². The molecule has 104 valence electrons. The van der Waals surface area contributed by atoms with E-state index in [4.69, 9.17) is 0 Å². The summed E-state index contributed by atoms with van der Waals surface area (Å²) in [5.41, 5.74) is 1.06. The number of carbonyl (C=O) groups excluding carboxylic acids is 2. The number of amides is 1. The van der Waals surface area contributed by atoms with Gasteiger partial charge in [-0.25, -0.2) is 0 Å². The molecule has 1 aromatic carbocycles. The molecule has 0 bridgehead atoms. The average molecular weight is 261 g/mol. The SMILES string of the molecule is CC(C)C(=O)N[C@@H](Cc1ccccc1)C(=O)C(C)C. The molecule has 3 nitrogen and oxygen atoms in total. The van der Waals surface area contributed by atoms with Gasteiger partial charge in [0.1, 0.15) is 0 Å². The lowest BCUT2D eigenvalue weighted by atomic mass is 9.95. The van der Waals surface area contributed by atoms with Gasteiger partial charge in [0, 0.05) is 11.8 Å². The molecule has 0 aromatic heterocycles. The number of hydrogen-bond donors (Lipinski definition) is 1. The van der Waals surface area contributed by atoms with Crippen LogP contribution in [0.5, 0.6) is 0 Å². The molecule has 1 aromatic rings. The third kappa shape index (κ3) is 4.86. The second-order valence-corrected chi connectivity index (χ2v) is 5.46. The molecule has 1 atom stereocenters. The highest BCUT2D eigenvalue weighted by atomic mass is 16.2. The van der Waals surface area contributed by atoms with Gasteiger partial charge in [-0.2, -0.15) is 0 Å². The van der Waals surface area contributed by atoms with Crippen molar-refractivity contribution in [2.45, 2.75) is 40.2 Å². The van der Waals surface area contributed by atoms with Gasteiger partial charge in [0.2, 0.25) is 5.91 Å². The van der Waals surface area contributed by atoms with Crippen molar-refractivity contribution in [1.82, 2.24) is 5.32 Å². The maximum atomic E-state index is 12.2. The van der Waals surface area contributed by atoms with Crippen molar-refractivity contribution < 1.29 is 9.59 Å². The maximum absolute atomic E-state index is 12.2. The summed E-state index contributed by atoms with van der Waals surface area (Å²) in [6.45, 7) is 7.38. The van der Waals surface area contributed by atoms with Crippen LogP contribution >= 0.6 is 0 Å². The summed E-state index contributed by atoms with van der Waals surface area (Å²) in [7, 11) is 0. The summed E-state index contributed by atoms with van der Waals surface area (Å²) in [5, 5.41) is 2.86. The molecule has 19 heavy (non-hydrogen) atoms. The van der Waals surface area contributed by atoms with Crippen LogP contribution in [0.4, 0.5) is 0 Å². The first-order chi connectivity index (χ1) is 8.91. The van der Waals surface area contributed by atoms with Crippen molar-refractivity contribution in [3.8, 4) is 0 Å². The molecule has 1 rings (SSSR count). The minimum atomic E-state index is -0.433. The van der Waals surface area contributed by atoms with E-state index >= 15 is 0 Å². The highest BCUT2D eigenvalue weighted by molar-refractivity contribution is 5.90. The number of Topliss-reactive ketones (excluding diaryl/α,β-unsaturated/α-hetero) is 1. The minimum Gasteiger partial charge on any atom is -0.346 e. The Morgan fingerprint density at radius 1 is 1.00 bits per heavy atom. The van der Waals surface area contributed by atoms with Gasteiger partial charge in [-0.15, -0.1) is 0 Å². The Morgan fingerprint density at radius 3 is 2.05 bits per heavy atom. The van der Waals surface area contributed by atoms with E-state index in [0.717, 1.165) is 5.56 Å². The number of rotatable bonds is 6. The molecule has 1 amide bonds. The van der Waals surface area contributed by atoms with Gasteiger partial charge in [-0.1, -0.05) is 58.0 Å². The van der Waals surface area contributed by atoms with Crippen LogP contribution in [0, 0.1) is 11.8 Å². The Kier molecular flexibility index (Phi) is 5.74. The minimum absolute atomic E-state index is 0.0741. The van der Waals surface area contributed by atoms with Gasteiger partial charge in [0.25, 0.3) is 0 Å². The fourth-order valence-corrected chi connectivity index (χ4v) is 1.81. The lowest BCUT2D eigenvalue weighted by molar-refractivity contribution is -0.130. The third-order valence-electron chi connectivity index (χ3n) is 3.04. The smallest absolute Gasteiger partial charge is 0.223 e. The Balaban J connectivity index is 2.81. The maximum Gasteiger partial charge on any atom is 0.223 e. The predicted molar refractivity (Wildman–Crippen MR) is 76.8 cm³/mol. The fourth-order valence-electron chi connectivity index (χ4n) is 1.81. The molecule has 0 unspecified atom stereocenters. The number of hydrogen-bond acceptors (Lipinski definition) is 2. The summed E-state index contributed by atoms with van der Waals surface area (Å²) in [5.74, 6) is -0.188. The molecular formula is C16H23NO2. The quantitative estimate of drug-likeness (QED) is 0.855. The largest absolute Gasteiger partial charge is 0.346 e. The zero-order valence-electron chi connectivity index (χ0n) is 12.1. The molecule has 0 aliphatic rings. The highest BCUT2D eigenvalue weighted by Gasteiger charge is 2.24. The fraction of sp³-hybridized carbons (Fsp3) is 0.500. The van der Waals surface area contributed by atoms with Crippen molar-refractivity contribution in [2.24, 2.45) is 11.8 Å². The van der Waals surface area contributed by atoms with Crippen LogP contribution in [0.3, 0.4) is 0 Å². The lowest BCUT2D eigenvalue weighted by Gasteiger charge is -2.21. The Morgan fingerprint density at radius 2 is 1.58 bits per heavy atom. The number of ketones is 1. The van der Waals surface area contributed by atoms with E-state index in [1.54, 1.807) is 0 Å². The van der Waals surface area contributed by atoms with Crippen LogP contribution in [0.2, 0.25) is 0 Å². The zero-order chi connectivity index (χ0) is 14.4. The second kappa shape index (κ2) is 7.07. The monoisotopic (exact) mass is 261 g/mol. The van der Waals surface area contributed by atoms with Crippen LogP contribution in [0.25, 0.3) is 0 Å². The average Bonchev–Trinajstić information content (AvgIpc) is 2.37. The van der Waals surface area contributed by atoms with Crippen LogP contribution in [0.15, 0.2) is 30.3 Å². The van der Waals surface area contributed by atoms with Crippen molar-refractivity contribution >= 4 is 11.7 Å². The zero-order valence-corrected chi connectivity index (χ0v) is 12.1. The molecular weight excluding hydrogens is 238 g/mol. The first kappa shape index (κ1) is 15.4. The van der Waals surface area contributed by atoms with Gasteiger partial charge in [-0.3, -0.25) is 9.59 Å². The summed E-state index contributed by atoms with van der Waals surface area (Å²) in [4.78, 5) is 24.0. The molecule has 0 aliphatic carbocycles. The van der Waals surface area contributed by atoms with Crippen LogP contribution < -0.4 is 5.32 Å². The van der Waals surface area contributed by atoms with E-state index in [0.29, 0.717) is 6.42 Å². The normalized spacial score (nSPS) is 12.5. The van der Waals surface area contributed by atoms with Crippen molar-refractivity contribution in [1.29, 1.82) is 0 Å². The molecule has 0 heterocycles. The first-order valence-electron chi connectivity index (χ1n) is 6.79. The molecule has 0 radical (unpaired) electrons. The van der Waals surface area contributed by atoms with Crippen molar-refractivity contribution in [3.05, 3.63) is 35.9 Å². The van der Waals surface area contributed by atoms with E-state index < -0.39 is 6.04 Å². The third-order valence-corrected chi connectivity index (χ3v) is 3.04. The van der Waals surface area contributed by atoms with Gasteiger partial charge in [0.05, 0.1) is 6.04 Å². The summed E-state index contributed by atoms with van der Waals surface area (Å²) in [6.07, 6.45) is 0.552. The molecule has 1 N–H and O–H groups in total. The second-order valence-electron chi connectivity index (χ2n) is 5.46. The molecule has 0 saturated carbocycles. The first-order valence-corrected chi connectivity index (χ1v) is 6.79. The van der Waals surface area contributed by atoms with Gasteiger partial charge in [0.15, 0.2) is 5.78 Å². The van der Waals surface area contributed by atoms with E-state index in [-0.39, 0.29) is 23.5 Å². The van der Waals surface area contributed by atoms with Gasteiger partial charge in [-0.05, 0) is 12.0 Å². The summed E-state index contributed by atoms with van der Waals surface area (Å²) < 4.78 is 0. The number of nitrogens with one attached hydrogen (secondary N) is 1. The Labute approximate surface area is 115 Å². The molecule has 0 saturated heterocycles. The standard InChI is InChI=1S/C16H23NO2/c1-11(2)15(18)14(17-16(19)12(3)4)10-13-8-6-5-7-9-13/h5-9,11-12,14H,10H2,1-4H3,(H,17,19)/t14-/m0/s1. The molecule has 0 fully saturated rings. The van der Waals surface area contributed by atoms with Crippen molar-refractivity contribution in [3.63, 3.8) is 0 Å². The van der Waals surface area contributed by atoms with Gasteiger partial charge >= 0.3 is 0 Å². The van der Waals surface area contributed by atoms with Crippen LogP contribution in [-0.2, 0) is 16.0 Å².